The van der Waals surface area contributed by atoms with Crippen LogP contribution in [0.25, 0.3) is 0 Å². The van der Waals surface area contributed by atoms with Crippen molar-refractivity contribution in [3.05, 3.63) is 53.3 Å². The van der Waals surface area contributed by atoms with Gasteiger partial charge in [-0.25, -0.2) is 0 Å². The van der Waals surface area contributed by atoms with E-state index in [1.54, 1.807) is 19.5 Å². The van der Waals surface area contributed by atoms with Gasteiger partial charge >= 0.3 is 0 Å². The first-order chi connectivity index (χ1) is 10.5. The van der Waals surface area contributed by atoms with Crippen molar-refractivity contribution in [2.75, 3.05) is 12.4 Å². The molecule has 0 saturated carbocycles. The van der Waals surface area contributed by atoms with Gasteiger partial charge in [0, 0.05) is 6.20 Å². The van der Waals surface area contributed by atoms with Crippen molar-refractivity contribution in [1.29, 1.82) is 0 Å². The van der Waals surface area contributed by atoms with Gasteiger partial charge in [0.1, 0.15) is 11.3 Å². The quantitative estimate of drug-likeness (QED) is 0.910. The van der Waals surface area contributed by atoms with Crippen LogP contribution in [-0.2, 0) is 16.8 Å². The molecule has 114 valence electrons. The van der Waals surface area contributed by atoms with Crippen LogP contribution in [0.2, 0.25) is 0 Å². The molecule has 1 aromatic heterocycles. The summed E-state index contributed by atoms with van der Waals surface area (Å²) in [5, 5.41) is 2.88. The van der Waals surface area contributed by atoms with E-state index in [1.165, 1.54) is 0 Å². The first-order valence-corrected chi connectivity index (χ1v) is 7.23. The molecular formula is C17H19N3O2. The fraction of sp³-hybridized carbons (Fsp3) is 0.294. The van der Waals surface area contributed by atoms with E-state index in [0.29, 0.717) is 12.1 Å². The number of nitrogens with one attached hydrogen (secondary N) is 1. The molecular weight excluding hydrogens is 278 g/mol. The minimum Gasteiger partial charge on any atom is -0.496 e. The standard InChI is InChI=1S/C17H19N3O2/c1-11-8-12(10-19-9-11)20-16(21)17(18)7-6-13-14(17)4-3-5-15(13)22-2/h3-5,8-10H,6-7,18H2,1-2H3,(H,20,21). The first-order valence-electron chi connectivity index (χ1n) is 7.23. The lowest BCUT2D eigenvalue weighted by atomic mass is 9.91. The average molecular weight is 297 g/mol. The van der Waals surface area contributed by atoms with E-state index in [4.69, 9.17) is 10.5 Å². The Bertz CT molecular complexity index is 730. The number of aromatic nitrogens is 1. The molecule has 0 fully saturated rings. The monoisotopic (exact) mass is 297 g/mol. The minimum atomic E-state index is -1.03. The van der Waals surface area contributed by atoms with Crippen LogP contribution in [0.1, 0.15) is 23.1 Å². The second kappa shape index (κ2) is 5.42. The summed E-state index contributed by atoms with van der Waals surface area (Å²) in [4.78, 5) is 16.8. The van der Waals surface area contributed by atoms with Crippen molar-refractivity contribution in [3.8, 4) is 5.75 Å². The summed E-state index contributed by atoms with van der Waals surface area (Å²) in [7, 11) is 1.63. The van der Waals surface area contributed by atoms with Crippen LogP contribution in [0.4, 0.5) is 5.69 Å². The molecule has 3 rings (SSSR count). The number of aryl methyl sites for hydroxylation is 1. The fourth-order valence-corrected chi connectivity index (χ4v) is 2.99. The molecule has 1 heterocycles. The molecule has 0 bridgehead atoms. The number of amides is 1. The Balaban J connectivity index is 1.91. The highest BCUT2D eigenvalue weighted by Crippen LogP contribution is 2.40. The summed E-state index contributed by atoms with van der Waals surface area (Å²) in [6.45, 7) is 1.93. The van der Waals surface area contributed by atoms with Gasteiger partial charge in [-0.15, -0.1) is 0 Å². The molecule has 0 spiro atoms. The van der Waals surface area contributed by atoms with E-state index in [0.717, 1.165) is 28.9 Å². The second-order valence-corrected chi connectivity index (χ2v) is 5.66. The SMILES string of the molecule is COc1cccc2c1CCC2(N)C(=O)Nc1cncc(C)c1. The van der Waals surface area contributed by atoms with Crippen molar-refractivity contribution in [2.45, 2.75) is 25.3 Å². The third kappa shape index (κ3) is 2.33. The number of nitrogens with two attached hydrogens (primary N) is 1. The van der Waals surface area contributed by atoms with Crippen LogP contribution < -0.4 is 15.8 Å². The number of ether oxygens (including phenoxy) is 1. The van der Waals surface area contributed by atoms with E-state index in [2.05, 4.69) is 10.3 Å². The number of hydrogen-bond acceptors (Lipinski definition) is 4. The number of rotatable bonds is 3. The molecule has 3 N–H and O–H groups in total. The molecule has 1 aliphatic carbocycles. The lowest BCUT2D eigenvalue weighted by Gasteiger charge is -2.24. The summed E-state index contributed by atoms with van der Waals surface area (Å²) < 4.78 is 5.37. The van der Waals surface area contributed by atoms with Gasteiger partial charge in [0.2, 0.25) is 5.91 Å². The summed E-state index contributed by atoms with van der Waals surface area (Å²) in [6.07, 6.45) is 4.66. The van der Waals surface area contributed by atoms with Crippen molar-refractivity contribution >= 4 is 11.6 Å². The number of hydrogen-bond donors (Lipinski definition) is 2. The van der Waals surface area contributed by atoms with Crippen LogP contribution in [0.5, 0.6) is 5.75 Å². The maximum absolute atomic E-state index is 12.7. The lowest BCUT2D eigenvalue weighted by Crippen LogP contribution is -2.46. The number of carbonyl (C=O) groups excluding carboxylic acids is 1. The smallest absolute Gasteiger partial charge is 0.249 e. The number of pyridine rings is 1. The Morgan fingerprint density at radius 2 is 2.23 bits per heavy atom. The zero-order valence-electron chi connectivity index (χ0n) is 12.7. The number of carbonyl (C=O) groups is 1. The molecule has 22 heavy (non-hydrogen) atoms. The number of anilines is 1. The van der Waals surface area contributed by atoms with Gasteiger partial charge in [-0.1, -0.05) is 12.1 Å². The van der Waals surface area contributed by atoms with E-state index >= 15 is 0 Å². The number of nitrogens with zero attached hydrogens (tertiary/aromatic N) is 1. The molecule has 1 aliphatic rings. The fourth-order valence-electron chi connectivity index (χ4n) is 2.99. The third-order valence-electron chi connectivity index (χ3n) is 4.14. The van der Waals surface area contributed by atoms with Gasteiger partial charge in [-0.3, -0.25) is 9.78 Å². The average Bonchev–Trinajstić information content (AvgIpc) is 2.86. The van der Waals surface area contributed by atoms with Crippen LogP contribution >= 0.6 is 0 Å². The molecule has 0 saturated heterocycles. The molecule has 1 atom stereocenters. The third-order valence-corrected chi connectivity index (χ3v) is 4.14. The van der Waals surface area contributed by atoms with Gasteiger partial charge in [-0.05, 0) is 48.6 Å². The minimum absolute atomic E-state index is 0.216. The highest BCUT2D eigenvalue weighted by Gasteiger charge is 2.43. The zero-order valence-corrected chi connectivity index (χ0v) is 12.7. The Kier molecular flexibility index (Phi) is 3.58. The van der Waals surface area contributed by atoms with Crippen molar-refractivity contribution in [1.82, 2.24) is 4.98 Å². The zero-order chi connectivity index (χ0) is 15.7. The lowest BCUT2D eigenvalue weighted by molar-refractivity contribution is -0.121. The molecule has 1 aromatic carbocycles. The van der Waals surface area contributed by atoms with Crippen LogP contribution in [-0.4, -0.2) is 18.0 Å². The van der Waals surface area contributed by atoms with Crippen molar-refractivity contribution in [2.24, 2.45) is 5.73 Å². The van der Waals surface area contributed by atoms with Crippen molar-refractivity contribution < 1.29 is 9.53 Å². The Morgan fingerprint density at radius 1 is 1.41 bits per heavy atom. The molecule has 5 heteroatoms. The molecule has 1 amide bonds. The number of benzene rings is 1. The summed E-state index contributed by atoms with van der Waals surface area (Å²) in [5.74, 6) is 0.571. The summed E-state index contributed by atoms with van der Waals surface area (Å²) in [5.41, 5.74) is 8.90. The topological polar surface area (TPSA) is 77.2 Å². The van der Waals surface area contributed by atoms with Crippen LogP contribution in [0.3, 0.4) is 0 Å². The highest BCUT2D eigenvalue weighted by molar-refractivity contribution is 5.99. The van der Waals surface area contributed by atoms with Gasteiger partial charge in [0.05, 0.1) is 19.0 Å². The Hall–Kier alpha value is -2.40. The predicted molar refractivity (Wildman–Crippen MR) is 84.8 cm³/mol. The molecule has 0 radical (unpaired) electrons. The first kappa shape index (κ1) is 14.5. The van der Waals surface area contributed by atoms with E-state index in [1.807, 2.05) is 31.2 Å². The number of methoxy groups -OCH3 is 1. The van der Waals surface area contributed by atoms with Gasteiger partial charge in [0.25, 0.3) is 0 Å². The molecule has 2 aromatic rings. The predicted octanol–water partition coefficient (Wildman–Crippen LogP) is 2.14. The maximum Gasteiger partial charge on any atom is 0.249 e. The maximum atomic E-state index is 12.7. The number of fused-ring (bicyclic) bond motifs is 1. The van der Waals surface area contributed by atoms with Crippen molar-refractivity contribution in [3.63, 3.8) is 0 Å². The highest BCUT2D eigenvalue weighted by atomic mass is 16.5. The normalized spacial score (nSPS) is 19.6. The van der Waals surface area contributed by atoms with E-state index in [-0.39, 0.29) is 5.91 Å². The van der Waals surface area contributed by atoms with E-state index < -0.39 is 5.54 Å². The largest absolute Gasteiger partial charge is 0.496 e. The molecule has 1 unspecified atom stereocenters. The Morgan fingerprint density at radius 3 is 2.95 bits per heavy atom. The molecule has 0 aliphatic heterocycles. The van der Waals surface area contributed by atoms with Crippen LogP contribution in [0.15, 0.2) is 36.7 Å². The Labute approximate surface area is 129 Å². The molecule has 5 nitrogen and oxygen atoms in total. The van der Waals surface area contributed by atoms with Crippen LogP contribution in [0, 0.1) is 6.92 Å². The summed E-state index contributed by atoms with van der Waals surface area (Å²) in [6, 6.07) is 7.54. The van der Waals surface area contributed by atoms with Gasteiger partial charge in [-0.2, -0.15) is 0 Å². The second-order valence-electron chi connectivity index (χ2n) is 5.66. The summed E-state index contributed by atoms with van der Waals surface area (Å²) >= 11 is 0. The van der Waals surface area contributed by atoms with Gasteiger partial charge < -0.3 is 15.8 Å². The van der Waals surface area contributed by atoms with Gasteiger partial charge in [0.15, 0.2) is 0 Å². The van der Waals surface area contributed by atoms with E-state index in [9.17, 15) is 4.79 Å².